The molecule has 4 aliphatic carbocycles. The van der Waals surface area contributed by atoms with Crippen molar-refractivity contribution in [1.82, 2.24) is 0 Å². The van der Waals surface area contributed by atoms with Gasteiger partial charge in [0.25, 0.3) is 0 Å². The zero-order chi connectivity index (χ0) is 12.8. The minimum Gasteiger partial charge on any atom is -0.249 e. The quantitative estimate of drug-likeness (QED) is 0.788. The van der Waals surface area contributed by atoms with Crippen LogP contribution in [-0.2, 0) is 9.73 Å². The van der Waals surface area contributed by atoms with Crippen molar-refractivity contribution < 1.29 is 4.21 Å². The van der Waals surface area contributed by atoms with E-state index in [2.05, 4.69) is 10.4 Å². The number of rotatable bonds is 3. The van der Waals surface area contributed by atoms with Crippen molar-refractivity contribution in [1.29, 1.82) is 5.26 Å². The van der Waals surface area contributed by atoms with Gasteiger partial charge in [0.1, 0.15) is 5.75 Å². The standard InChI is InChI=1S/C14H22N2OS/c1-16-18(17,3-2-15)9-14-12-5-10-4-11(7-12)8-13(14)6-10/h10-14H,3-9H2,1H3. The minimum atomic E-state index is -2.26. The van der Waals surface area contributed by atoms with Crippen LogP contribution < -0.4 is 0 Å². The topological polar surface area (TPSA) is 53.2 Å². The summed E-state index contributed by atoms with van der Waals surface area (Å²) < 4.78 is 16.6. The van der Waals surface area contributed by atoms with Crippen molar-refractivity contribution >= 4 is 9.73 Å². The SMILES string of the molecule is CN=S(=O)(CC#N)CC1C2CC3CC(C2)CC1C3. The highest BCUT2D eigenvalue weighted by atomic mass is 32.2. The first-order valence-electron chi connectivity index (χ1n) is 7.11. The summed E-state index contributed by atoms with van der Waals surface area (Å²) in [5, 5.41) is 8.83. The van der Waals surface area contributed by atoms with E-state index in [-0.39, 0.29) is 5.75 Å². The Morgan fingerprint density at radius 3 is 2.17 bits per heavy atom. The molecular formula is C14H22N2OS. The summed E-state index contributed by atoms with van der Waals surface area (Å²) in [7, 11) is -0.637. The van der Waals surface area contributed by atoms with Crippen molar-refractivity contribution in [2.45, 2.75) is 32.1 Å². The molecule has 4 saturated carbocycles. The third-order valence-electron chi connectivity index (χ3n) is 5.50. The fraction of sp³-hybridized carbons (Fsp3) is 0.929. The van der Waals surface area contributed by atoms with Gasteiger partial charge in [-0.05, 0) is 61.7 Å². The molecule has 1 atom stereocenters. The van der Waals surface area contributed by atoms with Gasteiger partial charge in [0.2, 0.25) is 0 Å². The Hall–Kier alpha value is -0.560. The molecule has 100 valence electrons. The van der Waals surface area contributed by atoms with Crippen molar-refractivity contribution in [3.8, 4) is 6.07 Å². The van der Waals surface area contributed by atoms with Gasteiger partial charge < -0.3 is 0 Å². The fourth-order valence-electron chi connectivity index (χ4n) is 4.91. The molecular weight excluding hydrogens is 244 g/mol. The number of hydrogen-bond acceptors (Lipinski definition) is 3. The van der Waals surface area contributed by atoms with E-state index in [4.69, 9.17) is 5.26 Å². The molecule has 18 heavy (non-hydrogen) atoms. The predicted octanol–water partition coefficient (Wildman–Crippen LogP) is 2.68. The van der Waals surface area contributed by atoms with Gasteiger partial charge in [-0.3, -0.25) is 0 Å². The van der Waals surface area contributed by atoms with Crippen LogP contribution in [0.15, 0.2) is 4.36 Å². The molecule has 1 unspecified atom stereocenters. The molecule has 0 aromatic heterocycles. The van der Waals surface area contributed by atoms with E-state index in [9.17, 15) is 4.21 Å². The second-order valence-electron chi connectivity index (χ2n) is 6.52. The molecule has 4 aliphatic rings. The van der Waals surface area contributed by atoms with Crippen molar-refractivity contribution in [3.05, 3.63) is 0 Å². The Bertz CT molecular complexity index is 457. The molecule has 0 saturated heterocycles. The molecule has 4 heteroatoms. The smallest absolute Gasteiger partial charge is 0.119 e. The van der Waals surface area contributed by atoms with Gasteiger partial charge in [-0.15, -0.1) is 0 Å². The van der Waals surface area contributed by atoms with Crippen LogP contribution >= 0.6 is 0 Å². The molecule has 0 aromatic rings. The first-order valence-corrected chi connectivity index (χ1v) is 8.96. The summed E-state index contributed by atoms with van der Waals surface area (Å²) >= 11 is 0. The number of nitrogens with zero attached hydrogens (tertiary/aromatic N) is 2. The third kappa shape index (κ3) is 2.07. The lowest BCUT2D eigenvalue weighted by Crippen LogP contribution is -2.47. The van der Waals surface area contributed by atoms with Crippen LogP contribution in [-0.4, -0.2) is 22.8 Å². The maximum Gasteiger partial charge on any atom is 0.119 e. The van der Waals surface area contributed by atoms with E-state index in [1.165, 1.54) is 32.1 Å². The Morgan fingerprint density at radius 1 is 1.17 bits per heavy atom. The van der Waals surface area contributed by atoms with Crippen LogP contribution in [0.2, 0.25) is 0 Å². The van der Waals surface area contributed by atoms with Crippen molar-refractivity contribution in [2.24, 2.45) is 34.0 Å². The molecule has 0 aromatic carbocycles. The van der Waals surface area contributed by atoms with Gasteiger partial charge in [-0.1, -0.05) is 0 Å². The van der Waals surface area contributed by atoms with E-state index >= 15 is 0 Å². The molecule has 0 N–H and O–H groups in total. The second-order valence-corrected chi connectivity index (χ2v) is 9.05. The van der Waals surface area contributed by atoms with Crippen molar-refractivity contribution in [2.75, 3.05) is 18.6 Å². The van der Waals surface area contributed by atoms with Crippen LogP contribution in [0.1, 0.15) is 32.1 Å². The van der Waals surface area contributed by atoms with Crippen LogP contribution in [0.3, 0.4) is 0 Å². The van der Waals surface area contributed by atoms with E-state index in [1.54, 1.807) is 7.05 Å². The van der Waals surface area contributed by atoms with E-state index in [0.29, 0.717) is 11.7 Å². The monoisotopic (exact) mass is 266 g/mol. The van der Waals surface area contributed by atoms with Gasteiger partial charge >= 0.3 is 0 Å². The molecule has 4 fully saturated rings. The normalized spacial score (nSPS) is 44.3. The molecule has 0 spiro atoms. The summed E-state index contributed by atoms with van der Waals surface area (Å²) in [5.41, 5.74) is 0. The Morgan fingerprint density at radius 2 is 1.72 bits per heavy atom. The van der Waals surface area contributed by atoms with Gasteiger partial charge in [-0.2, -0.15) is 5.26 Å². The number of nitriles is 1. The van der Waals surface area contributed by atoms with E-state index < -0.39 is 9.73 Å². The first kappa shape index (κ1) is 12.5. The minimum absolute atomic E-state index is 0.117. The largest absolute Gasteiger partial charge is 0.249 e. The molecule has 4 bridgehead atoms. The first-order chi connectivity index (χ1) is 8.63. The molecule has 0 aliphatic heterocycles. The second kappa shape index (κ2) is 4.52. The summed E-state index contributed by atoms with van der Waals surface area (Å²) in [5.74, 6) is 4.86. The van der Waals surface area contributed by atoms with Crippen LogP contribution in [0, 0.1) is 40.9 Å². The lowest BCUT2D eigenvalue weighted by atomic mass is 9.52. The van der Waals surface area contributed by atoms with Gasteiger partial charge in [0.15, 0.2) is 0 Å². The van der Waals surface area contributed by atoms with Crippen LogP contribution in [0.25, 0.3) is 0 Å². The van der Waals surface area contributed by atoms with Crippen molar-refractivity contribution in [3.63, 3.8) is 0 Å². The van der Waals surface area contributed by atoms with E-state index in [1.807, 2.05) is 0 Å². The summed E-state index contributed by atoms with van der Waals surface area (Å²) in [6.45, 7) is 0. The van der Waals surface area contributed by atoms with Crippen LogP contribution in [0.4, 0.5) is 0 Å². The zero-order valence-electron chi connectivity index (χ0n) is 11.0. The molecule has 0 heterocycles. The van der Waals surface area contributed by atoms with E-state index in [0.717, 1.165) is 23.7 Å². The predicted molar refractivity (Wildman–Crippen MR) is 72.4 cm³/mol. The average molecular weight is 266 g/mol. The molecule has 0 radical (unpaired) electrons. The maximum absolute atomic E-state index is 12.6. The Balaban J connectivity index is 1.78. The highest BCUT2D eigenvalue weighted by Gasteiger charge is 2.48. The zero-order valence-corrected chi connectivity index (χ0v) is 11.9. The summed E-state index contributed by atoms with van der Waals surface area (Å²) in [4.78, 5) is 0. The fourth-order valence-corrected chi connectivity index (χ4v) is 6.65. The molecule has 0 amide bonds. The molecule has 3 nitrogen and oxygen atoms in total. The number of hydrogen-bond donors (Lipinski definition) is 0. The Kier molecular flexibility index (Phi) is 3.13. The summed E-state index contributed by atoms with van der Waals surface area (Å²) in [6, 6.07) is 2.06. The van der Waals surface area contributed by atoms with Gasteiger partial charge in [-0.25, -0.2) is 8.57 Å². The highest BCUT2D eigenvalue weighted by molar-refractivity contribution is 7.93. The summed E-state index contributed by atoms with van der Waals surface area (Å²) in [6.07, 6.45) is 6.85. The Labute approximate surface area is 110 Å². The third-order valence-corrected chi connectivity index (χ3v) is 7.65. The van der Waals surface area contributed by atoms with Gasteiger partial charge in [0.05, 0.1) is 15.8 Å². The average Bonchev–Trinajstić information content (AvgIpc) is 2.33. The van der Waals surface area contributed by atoms with Gasteiger partial charge in [0, 0.05) is 12.8 Å². The lowest BCUT2D eigenvalue weighted by Gasteiger charge is -2.54. The molecule has 4 rings (SSSR count). The maximum atomic E-state index is 12.6. The lowest BCUT2D eigenvalue weighted by molar-refractivity contribution is -0.0265. The van der Waals surface area contributed by atoms with Crippen LogP contribution in [0.5, 0.6) is 0 Å². The highest BCUT2D eigenvalue weighted by Crippen LogP contribution is 2.56.